The molecule has 4 heterocycles. The van der Waals surface area contributed by atoms with E-state index in [1.807, 2.05) is 31.2 Å². The van der Waals surface area contributed by atoms with E-state index in [4.69, 9.17) is 9.47 Å². The molecule has 2 amide bonds. The Morgan fingerprint density at radius 3 is 2.68 bits per heavy atom. The predicted molar refractivity (Wildman–Crippen MR) is 122 cm³/mol. The highest BCUT2D eigenvalue weighted by Gasteiger charge is 2.73. The van der Waals surface area contributed by atoms with E-state index >= 15 is 0 Å². The van der Waals surface area contributed by atoms with Gasteiger partial charge in [0.05, 0.1) is 47.0 Å². The highest BCUT2D eigenvalue weighted by atomic mass is 16.5. The van der Waals surface area contributed by atoms with Crippen LogP contribution in [0, 0.1) is 23.2 Å². The number of hydrogen-bond acceptors (Lipinski definition) is 7. The van der Waals surface area contributed by atoms with Gasteiger partial charge in [-0.3, -0.25) is 9.59 Å². The molecule has 4 atom stereocenters. The second-order valence-electron chi connectivity index (χ2n) is 9.38. The van der Waals surface area contributed by atoms with Crippen LogP contribution in [-0.4, -0.2) is 39.6 Å². The van der Waals surface area contributed by atoms with E-state index in [-0.39, 0.29) is 11.8 Å². The zero-order valence-corrected chi connectivity index (χ0v) is 18.6. The molecule has 2 aromatic carbocycles. The van der Waals surface area contributed by atoms with E-state index in [2.05, 4.69) is 16.0 Å². The first kappa shape index (κ1) is 20.8. The summed E-state index contributed by atoms with van der Waals surface area (Å²) >= 11 is 0. The SMILES string of the molecule is C[C@]12CC[C@](CCOc3ccncn3)(O1)[C@@H]1C(=O)N(c3ccc(C#N)c4ccccc34)C(=O)[C@@H]12. The number of rotatable bonds is 5. The molecule has 3 aliphatic heterocycles. The van der Waals surface area contributed by atoms with E-state index in [0.717, 1.165) is 5.39 Å². The molecule has 0 spiro atoms. The molecule has 3 fully saturated rings. The lowest BCUT2D eigenvalue weighted by molar-refractivity contribution is -0.131. The van der Waals surface area contributed by atoms with E-state index in [9.17, 15) is 14.9 Å². The van der Waals surface area contributed by atoms with Crippen molar-refractivity contribution in [3.8, 4) is 11.9 Å². The van der Waals surface area contributed by atoms with Crippen molar-refractivity contribution in [2.75, 3.05) is 11.5 Å². The molecule has 3 aliphatic rings. The maximum atomic E-state index is 13.9. The molecular formula is C26H22N4O4. The van der Waals surface area contributed by atoms with Crippen LogP contribution in [0.1, 0.15) is 31.7 Å². The number of nitriles is 1. The highest BCUT2D eigenvalue weighted by Crippen LogP contribution is 2.62. The number of aromatic nitrogens is 2. The van der Waals surface area contributed by atoms with Gasteiger partial charge < -0.3 is 9.47 Å². The summed E-state index contributed by atoms with van der Waals surface area (Å²) in [5.41, 5.74) is -0.415. The van der Waals surface area contributed by atoms with Crippen LogP contribution >= 0.6 is 0 Å². The second-order valence-corrected chi connectivity index (χ2v) is 9.38. The van der Waals surface area contributed by atoms with Gasteiger partial charge in [-0.15, -0.1) is 0 Å². The minimum atomic E-state index is -0.754. The minimum absolute atomic E-state index is 0.231. The Morgan fingerprint density at radius 2 is 1.91 bits per heavy atom. The van der Waals surface area contributed by atoms with Crippen molar-refractivity contribution >= 4 is 28.3 Å². The molecule has 6 rings (SSSR count). The van der Waals surface area contributed by atoms with Crippen molar-refractivity contribution < 1.29 is 19.1 Å². The fraction of sp³-hybridized carbons (Fsp3) is 0.346. The second kappa shape index (κ2) is 7.34. The van der Waals surface area contributed by atoms with Crippen LogP contribution in [-0.2, 0) is 14.3 Å². The van der Waals surface area contributed by atoms with Gasteiger partial charge in [-0.2, -0.15) is 5.26 Å². The average Bonchev–Trinajstić information content (AvgIpc) is 3.43. The Morgan fingerprint density at radius 1 is 1.12 bits per heavy atom. The summed E-state index contributed by atoms with van der Waals surface area (Å²) < 4.78 is 12.3. The van der Waals surface area contributed by atoms with Gasteiger partial charge in [0.1, 0.15) is 6.33 Å². The number of benzene rings is 2. The van der Waals surface area contributed by atoms with E-state index in [1.165, 1.54) is 11.2 Å². The molecular weight excluding hydrogens is 432 g/mol. The van der Waals surface area contributed by atoms with Crippen LogP contribution in [0.25, 0.3) is 10.8 Å². The van der Waals surface area contributed by atoms with Gasteiger partial charge in [0.15, 0.2) is 0 Å². The first-order chi connectivity index (χ1) is 16.5. The fourth-order valence-electron chi connectivity index (χ4n) is 6.12. The third kappa shape index (κ3) is 2.80. The number of imide groups is 1. The van der Waals surface area contributed by atoms with Crippen LogP contribution in [0.5, 0.6) is 5.88 Å². The molecule has 170 valence electrons. The summed E-state index contributed by atoms with van der Waals surface area (Å²) in [5, 5.41) is 10.9. The van der Waals surface area contributed by atoms with Crippen LogP contribution < -0.4 is 9.64 Å². The van der Waals surface area contributed by atoms with Crippen molar-refractivity contribution in [2.24, 2.45) is 11.8 Å². The average molecular weight is 454 g/mol. The Labute approximate surface area is 196 Å². The van der Waals surface area contributed by atoms with Crippen molar-refractivity contribution in [3.63, 3.8) is 0 Å². The van der Waals surface area contributed by atoms with Gasteiger partial charge >= 0.3 is 0 Å². The van der Waals surface area contributed by atoms with Crippen molar-refractivity contribution in [3.05, 3.63) is 60.6 Å². The minimum Gasteiger partial charge on any atom is -0.477 e. The van der Waals surface area contributed by atoms with Crippen LogP contribution in [0.4, 0.5) is 5.69 Å². The number of fused-ring (bicyclic) bond motifs is 6. The van der Waals surface area contributed by atoms with Crippen LogP contribution in [0.2, 0.25) is 0 Å². The number of carbonyl (C=O) groups is 2. The molecule has 1 aromatic heterocycles. The van der Waals surface area contributed by atoms with Gasteiger partial charge in [-0.1, -0.05) is 24.3 Å². The van der Waals surface area contributed by atoms with Crippen LogP contribution in [0.15, 0.2) is 55.0 Å². The van der Waals surface area contributed by atoms with Gasteiger partial charge in [-0.05, 0) is 31.9 Å². The first-order valence-electron chi connectivity index (χ1n) is 11.4. The molecule has 8 nitrogen and oxygen atoms in total. The normalized spacial score (nSPS) is 29.5. The lowest BCUT2D eigenvalue weighted by Crippen LogP contribution is -2.43. The molecule has 0 N–H and O–H groups in total. The summed E-state index contributed by atoms with van der Waals surface area (Å²) in [6.45, 7) is 2.26. The maximum absolute atomic E-state index is 13.9. The molecule has 3 aromatic rings. The Balaban J connectivity index is 1.35. The number of carbonyl (C=O) groups excluding carboxylic acids is 2. The smallest absolute Gasteiger partial charge is 0.240 e. The lowest BCUT2D eigenvalue weighted by atomic mass is 9.67. The molecule has 0 saturated carbocycles. The van der Waals surface area contributed by atoms with E-state index < -0.39 is 23.0 Å². The Kier molecular flexibility index (Phi) is 4.48. The largest absolute Gasteiger partial charge is 0.477 e. The number of hydrogen-bond donors (Lipinski definition) is 0. The third-order valence-electron chi connectivity index (χ3n) is 7.60. The van der Waals surface area contributed by atoms with Crippen LogP contribution in [0.3, 0.4) is 0 Å². The van der Waals surface area contributed by atoms with Crippen molar-refractivity contribution in [2.45, 2.75) is 37.4 Å². The monoisotopic (exact) mass is 454 g/mol. The summed E-state index contributed by atoms with van der Waals surface area (Å²) in [5.74, 6) is -1.12. The Bertz CT molecular complexity index is 1370. The number of ether oxygens (including phenoxy) is 2. The maximum Gasteiger partial charge on any atom is 0.240 e. The van der Waals surface area contributed by atoms with Gasteiger partial charge in [0.25, 0.3) is 0 Å². The molecule has 8 heteroatoms. The number of nitrogens with zero attached hydrogens (tertiary/aromatic N) is 4. The summed E-state index contributed by atoms with van der Waals surface area (Å²) in [4.78, 5) is 36.9. The quantitative estimate of drug-likeness (QED) is 0.544. The highest BCUT2D eigenvalue weighted by molar-refractivity contribution is 6.26. The number of anilines is 1. The first-order valence-corrected chi connectivity index (χ1v) is 11.4. The van der Waals surface area contributed by atoms with Crippen molar-refractivity contribution in [1.29, 1.82) is 5.26 Å². The molecule has 3 saturated heterocycles. The predicted octanol–water partition coefficient (Wildman–Crippen LogP) is 3.40. The summed E-state index contributed by atoms with van der Waals surface area (Å²) in [6.07, 6.45) is 4.91. The summed E-state index contributed by atoms with van der Waals surface area (Å²) in [7, 11) is 0. The lowest BCUT2D eigenvalue weighted by Gasteiger charge is -2.31. The molecule has 0 unspecified atom stereocenters. The standard InChI is InChI=1S/C26H22N4O4/c1-25-9-10-26(34-25,11-13-33-20-8-12-28-15-29-20)22-21(25)23(31)30(24(22)32)19-7-6-16(14-27)17-4-2-3-5-18(17)19/h2-8,12,15,21-22H,9-11,13H2,1H3/t21-,22+,25-,26-/m1/s1. The Hall–Kier alpha value is -3.83. The van der Waals surface area contributed by atoms with Gasteiger partial charge in [0.2, 0.25) is 17.7 Å². The molecule has 0 radical (unpaired) electrons. The van der Waals surface area contributed by atoms with E-state index in [0.29, 0.717) is 48.4 Å². The van der Waals surface area contributed by atoms with Crippen molar-refractivity contribution in [1.82, 2.24) is 9.97 Å². The molecule has 0 aliphatic carbocycles. The zero-order valence-electron chi connectivity index (χ0n) is 18.6. The van der Waals surface area contributed by atoms with E-state index in [1.54, 1.807) is 24.4 Å². The number of amides is 2. The topological polar surface area (TPSA) is 105 Å². The van der Waals surface area contributed by atoms with Gasteiger partial charge in [-0.25, -0.2) is 14.9 Å². The third-order valence-corrected chi connectivity index (χ3v) is 7.60. The summed E-state index contributed by atoms with van der Waals surface area (Å²) in [6, 6.07) is 14.6. The molecule has 2 bridgehead atoms. The van der Waals surface area contributed by atoms with Gasteiger partial charge in [0, 0.05) is 29.5 Å². The molecule has 34 heavy (non-hydrogen) atoms. The zero-order chi connectivity index (χ0) is 23.5. The fourth-order valence-corrected chi connectivity index (χ4v) is 6.12.